The van der Waals surface area contributed by atoms with Crippen molar-refractivity contribution in [2.24, 2.45) is 10.2 Å². The molecule has 1 atom stereocenters. The quantitative estimate of drug-likeness (QED) is 0.540. The molecule has 0 saturated heterocycles. The fraction of sp³-hybridized carbons (Fsp3) is 0.222. The van der Waals surface area contributed by atoms with E-state index in [2.05, 4.69) is 35.5 Å². The largest absolute Gasteiger partial charge is 0.416 e. The van der Waals surface area contributed by atoms with Gasteiger partial charge in [-0.25, -0.2) is 15.0 Å². The monoisotopic (exact) mass is 450 g/mol. The zero-order valence-corrected chi connectivity index (χ0v) is 17.2. The SMILES string of the molecule is CCS(=O)c1ccc(C(F)(F)F)cc1N=Nc1c(N)nc(-c2cnccn2)nc1NC. The van der Waals surface area contributed by atoms with E-state index in [0.717, 1.165) is 18.2 Å². The van der Waals surface area contributed by atoms with Gasteiger partial charge in [0.15, 0.2) is 23.1 Å². The van der Waals surface area contributed by atoms with Gasteiger partial charge < -0.3 is 11.1 Å². The van der Waals surface area contributed by atoms with Crippen LogP contribution in [0.25, 0.3) is 11.5 Å². The molecule has 0 aliphatic rings. The fourth-order valence-electron chi connectivity index (χ4n) is 2.50. The third kappa shape index (κ3) is 4.99. The van der Waals surface area contributed by atoms with Crippen molar-refractivity contribution in [2.45, 2.75) is 18.0 Å². The van der Waals surface area contributed by atoms with Crippen molar-refractivity contribution in [3.8, 4) is 11.5 Å². The first kappa shape index (κ1) is 22.2. The molecule has 2 aromatic heterocycles. The van der Waals surface area contributed by atoms with E-state index in [4.69, 9.17) is 5.73 Å². The van der Waals surface area contributed by atoms with Gasteiger partial charge in [-0.1, -0.05) is 6.92 Å². The Morgan fingerprint density at radius 2 is 1.97 bits per heavy atom. The summed E-state index contributed by atoms with van der Waals surface area (Å²) in [4.78, 5) is 16.6. The van der Waals surface area contributed by atoms with Crippen LogP contribution in [0.1, 0.15) is 12.5 Å². The van der Waals surface area contributed by atoms with Gasteiger partial charge in [-0.3, -0.25) is 9.19 Å². The molecule has 3 rings (SSSR count). The number of rotatable bonds is 6. The molecule has 0 amide bonds. The van der Waals surface area contributed by atoms with Crippen molar-refractivity contribution < 1.29 is 17.4 Å². The minimum Gasteiger partial charge on any atom is -0.382 e. The molecular weight excluding hydrogens is 433 g/mol. The van der Waals surface area contributed by atoms with Crippen LogP contribution in [-0.2, 0) is 17.0 Å². The summed E-state index contributed by atoms with van der Waals surface area (Å²) in [5, 5.41) is 10.6. The average molecular weight is 450 g/mol. The molecule has 0 spiro atoms. The summed E-state index contributed by atoms with van der Waals surface area (Å²) < 4.78 is 51.6. The Labute approximate surface area is 177 Å². The molecule has 31 heavy (non-hydrogen) atoms. The summed E-state index contributed by atoms with van der Waals surface area (Å²) in [7, 11) is 0.00825. The third-order valence-corrected chi connectivity index (χ3v) is 5.35. The molecule has 0 aliphatic heterocycles. The number of halogens is 3. The minimum absolute atomic E-state index is 0.0146. The standard InChI is InChI=1S/C18H17F3N8OS/c1-3-31(30)13-5-4-10(18(19,20)21)8-11(13)28-29-14-15(22)26-16(27-17(14)23-2)12-9-24-6-7-25-12/h4-9H,3H2,1-2H3,(H3,22,23,26,27). The van der Waals surface area contributed by atoms with Gasteiger partial charge in [0, 0.05) is 25.2 Å². The lowest BCUT2D eigenvalue weighted by molar-refractivity contribution is -0.137. The molecule has 1 unspecified atom stereocenters. The molecule has 9 nitrogen and oxygen atoms in total. The van der Waals surface area contributed by atoms with Crippen molar-refractivity contribution in [3.63, 3.8) is 0 Å². The van der Waals surface area contributed by atoms with Crippen LogP contribution in [0.15, 0.2) is 51.9 Å². The number of hydrogen-bond acceptors (Lipinski definition) is 9. The highest BCUT2D eigenvalue weighted by Gasteiger charge is 2.31. The van der Waals surface area contributed by atoms with Crippen LogP contribution in [0.5, 0.6) is 0 Å². The van der Waals surface area contributed by atoms with E-state index in [-0.39, 0.29) is 39.5 Å². The van der Waals surface area contributed by atoms with Gasteiger partial charge in [0.05, 0.1) is 27.5 Å². The number of nitrogens with one attached hydrogen (secondary N) is 1. The number of nitrogen functional groups attached to an aromatic ring is 1. The van der Waals surface area contributed by atoms with E-state index >= 15 is 0 Å². The van der Waals surface area contributed by atoms with Gasteiger partial charge in [-0.15, -0.1) is 10.2 Å². The molecule has 0 saturated carbocycles. The topological polar surface area (TPSA) is 131 Å². The number of aromatic nitrogens is 4. The van der Waals surface area contributed by atoms with E-state index in [9.17, 15) is 17.4 Å². The molecule has 162 valence electrons. The zero-order chi connectivity index (χ0) is 22.6. The Hall–Kier alpha value is -3.48. The van der Waals surface area contributed by atoms with E-state index in [0.29, 0.717) is 5.69 Å². The maximum absolute atomic E-state index is 13.1. The molecule has 3 aromatic rings. The molecule has 0 aliphatic carbocycles. The molecule has 1 aromatic carbocycles. The molecule has 0 radical (unpaired) electrons. The van der Waals surface area contributed by atoms with Crippen LogP contribution in [0.2, 0.25) is 0 Å². The fourth-order valence-corrected chi connectivity index (χ4v) is 3.36. The second-order valence-corrected chi connectivity index (χ2v) is 7.69. The Kier molecular flexibility index (Phi) is 6.53. The Morgan fingerprint density at radius 3 is 2.58 bits per heavy atom. The lowest BCUT2D eigenvalue weighted by Crippen LogP contribution is -2.05. The third-order valence-electron chi connectivity index (χ3n) is 3.99. The van der Waals surface area contributed by atoms with Gasteiger partial charge >= 0.3 is 6.18 Å². The normalized spacial score (nSPS) is 12.8. The van der Waals surface area contributed by atoms with Crippen molar-refractivity contribution >= 4 is 33.8 Å². The van der Waals surface area contributed by atoms with Crippen LogP contribution >= 0.6 is 0 Å². The molecule has 3 N–H and O–H groups in total. The summed E-state index contributed by atoms with van der Waals surface area (Å²) in [6, 6.07) is 2.78. The van der Waals surface area contributed by atoms with Crippen molar-refractivity contribution in [3.05, 3.63) is 42.4 Å². The van der Waals surface area contributed by atoms with Gasteiger partial charge in [-0.05, 0) is 18.2 Å². The Balaban J connectivity index is 2.08. The number of alkyl halides is 3. The smallest absolute Gasteiger partial charge is 0.382 e. The highest BCUT2D eigenvalue weighted by atomic mass is 32.2. The predicted octanol–water partition coefficient (Wildman–Crippen LogP) is 4.12. The zero-order valence-electron chi connectivity index (χ0n) is 16.4. The van der Waals surface area contributed by atoms with Crippen LogP contribution < -0.4 is 11.1 Å². The van der Waals surface area contributed by atoms with Crippen molar-refractivity contribution in [1.82, 2.24) is 19.9 Å². The van der Waals surface area contributed by atoms with E-state index in [1.165, 1.54) is 18.6 Å². The lowest BCUT2D eigenvalue weighted by atomic mass is 10.2. The average Bonchev–Trinajstić information content (AvgIpc) is 2.77. The van der Waals surface area contributed by atoms with Gasteiger partial charge in [0.25, 0.3) is 0 Å². The van der Waals surface area contributed by atoms with E-state index in [1.54, 1.807) is 14.0 Å². The summed E-state index contributed by atoms with van der Waals surface area (Å²) in [5.74, 6) is 0.491. The maximum Gasteiger partial charge on any atom is 0.416 e. The number of hydrogen-bond donors (Lipinski definition) is 2. The second kappa shape index (κ2) is 9.12. The number of benzene rings is 1. The lowest BCUT2D eigenvalue weighted by Gasteiger charge is -2.11. The molecule has 13 heteroatoms. The van der Waals surface area contributed by atoms with Crippen LogP contribution in [0.4, 0.5) is 36.2 Å². The highest BCUT2D eigenvalue weighted by molar-refractivity contribution is 7.85. The van der Waals surface area contributed by atoms with E-state index in [1.807, 2.05) is 0 Å². The minimum atomic E-state index is -4.59. The van der Waals surface area contributed by atoms with Crippen LogP contribution in [0, 0.1) is 0 Å². The number of azo groups is 1. The first-order valence-corrected chi connectivity index (χ1v) is 10.2. The van der Waals surface area contributed by atoms with E-state index < -0.39 is 22.5 Å². The Bertz CT molecular complexity index is 1140. The predicted molar refractivity (Wildman–Crippen MR) is 110 cm³/mol. The Morgan fingerprint density at radius 1 is 1.19 bits per heavy atom. The molecule has 2 heterocycles. The molecule has 0 bridgehead atoms. The van der Waals surface area contributed by atoms with Crippen molar-refractivity contribution in [1.29, 1.82) is 0 Å². The number of nitrogens with zero attached hydrogens (tertiary/aromatic N) is 6. The summed E-state index contributed by atoms with van der Waals surface area (Å²) in [6.07, 6.45) is -0.191. The maximum atomic E-state index is 13.1. The van der Waals surface area contributed by atoms with Gasteiger partial charge in [0.1, 0.15) is 11.4 Å². The van der Waals surface area contributed by atoms with Gasteiger partial charge in [-0.2, -0.15) is 13.2 Å². The summed E-state index contributed by atoms with van der Waals surface area (Å²) >= 11 is 0. The summed E-state index contributed by atoms with van der Waals surface area (Å²) in [6.45, 7) is 1.64. The number of nitrogens with two attached hydrogens (primary N) is 1. The summed E-state index contributed by atoms with van der Waals surface area (Å²) in [5.41, 5.74) is 5.25. The molecular formula is C18H17F3N8OS. The number of anilines is 2. The van der Waals surface area contributed by atoms with Crippen LogP contribution in [-0.4, -0.2) is 36.9 Å². The first-order valence-electron chi connectivity index (χ1n) is 8.87. The first-order chi connectivity index (χ1) is 14.7. The van der Waals surface area contributed by atoms with Crippen molar-refractivity contribution in [2.75, 3.05) is 23.9 Å². The van der Waals surface area contributed by atoms with Gasteiger partial charge in [0.2, 0.25) is 0 Å². The molecule has 0 fully saturated rings. The highest BCUT2D eigenvalue weighted by Crippen LogP contribution is 2.37. The second-order valence-electron chi connectivity index (χ2n) is 5.98. The van der Waals surface area contributed by atoms with Crippen LogP contribution in [0.3, 0.4) is 0 Å².